The zero-order valence-electron chi connectivity index (χ0n) is 28.3. The number of thiazole rings is 1. The summed E-state index contributed by atoms with van der Waals surface area (Å²) in [5.74, 6) is 0.0710. The molecule has 1 aliphatic heterocycles. The van der Waals surface area contributed by atoms with Crippen LogP contribution in [-0.4, -0.2) is 91.4 Å². The van der Waals surface area contributed by atoms with Crippen LogP contribution in [0.2, 0.25) is 0 Å². The lowest BCUT2D eigenvalue weighted by molar-refractivity contribution is -0.140. The highest BCUT2D eigenvalue weighted by Gasteiger charge is 2.34. The maximum Gasteiger partial charge on any atom is 0.434 e. The number of hydrogen-bond acceptors (Lipinski definition) is 10. The summed E-state index contributed by atoms with van der Waals surface area (Å²) in [4.78, 5) is 43.5. The number of piperidine rings is 1. The van der Waals surface area contributed by atoms with Gasteiger partial charge in [0.2, 0.25) is 0 Å². The quantitative estimate of drug-likeness (QED) is 0.132. The molecule has 16 heteroatoms. The van der Waals surface area contributed by atoms with E-state index in [1.54, 1.807) is 6.92 Å². The van der Waals surface area contributed by atoms with Gasteiger partial charge in [-0.15, -0.1) is 11.3 Å². The number of nitrogens with one attached hydrogen (secondary N) is 2. The Balaban J connectivity index is 1.55. The Kier molecular flexibility index (Phi) is 12.2. The van der Waals surface area contributed by atoms with Crippen LogP contribution in [0.1, 0.15) is 70.0 Å². The first-order valence-corrected chi connectivity index (χ1v) is 17.7. The molecule has 270 valence electrons. The van der Waals surface area contributed by atoms with Crippen molar-refractivity contribution in [2.75, 3.05) is 51.1 Å². The molecule has 1 unspecified atom stereocenters. The number of anilines is 1. The third-order valence-electron chi connectivity index (χ3n) is 8.69. The molecular formula is C34H43F3N8O4S. The zero-order chi connectivity index (χ0) is 36.0. The van der Waals surface area contributed by atoms with Gasteiger partial charge in [-0.05, 0) is 64.4 Å². The SMILES string of the molecule is CCCN(CCC)CCN1CCCC(n2cc(C(O)O)c(=O)c3cc(-c4cnc(NC(=O)NCC)cc4-c4nc(C(F)(F)F)cs4)ncc32)C1. The molecule has 1 aliphatic rings. The molecule has 0 bridgehead atoms. The highest BCUT2D eigenvalue weighted by molar-refractivity contribution is 7.13. The average Bonchev–Trinajstić information content (AvgIpc) is 3.59. The summed E-state index contributed by atoms with van der Waals surface area (Å²) < 4.78 is 42.5. The fourth-order valence-corrected chi connectivity index (χ4v) is 7.22. The maximum atomic E-state index is 13.7. The lowest BCUT2D eigenvalue weighted by atomic mass is 10.0. The maximum absolute atomic E-state index is 13.7. The monoisotopic (exact) mass is 716 g/mol. The van der Waals surface area contributed by atoms with Gasteiger partial charge in [-0.1, -0.05) is 13.8 Å². The van der Waals surface area contributed by atoms with Gasteiger partial charge < -0.3 is 29.9 Å². The number of urea groups is 1. The molecule has 1 atom stereocenters. The van der Waals surface area contributed by atoms with Crippen molar-refractivity contribution in [3.8, 4) is 21.8 Å². The van der Waals surface area contributed by atoms with Crippen molar-refractivity contribution in [3.63, 3.8) is 0 Å². The van der Waals surface area contributed by atoms with Gasteiger partial charge in [0.1, 0.15) is 10.8 Å². The average molecular weight is 717 g/mol. The van der Waals surface area contributed by atoms with E-state index in [1.807, 2.05) is 4.57 Å². The molecule has 4 N–H and O–H groups in total. The van der Waals surface area contributed by atoms with Crippen molar-refractivity contribution < 1.29 is 28.2 Å². The Bertz CT molecular complexity index is 1840. The number of aliphatic hydroxyl groups is 2. The van der Waals surface area contributed by atoms with Crippen molar-refractivity contribution in [1.29, 1.82) is 0 Å². The largest absolute Gasteiger partial charge is 0.434 e. The summed E-state index contributed by atoms with van der Waals surface area (Å²) in [6.07, 6.45) is 1.57. The number of aromatic nitrogens is 4. The number of aliphatic hydroxyl groups excluding tert-OH is 1. The van der Waals surface area contributed by atoms with Gasteiger partial charge in [0, 0.05) is 66.5 Å². The predicted octanol–water partition coefficient (Wildman–Crippen LogP) is 5.48. The van der Waals surface area contributed by atoms with Crippen molar-refractivity contribution >= 4 is 34.1 Å². The van der Waals surface area contributed by atoms with Crippen LogP contribution in [0.5, 0.6) is 0 Å². The molecule has 0 spiro atoms. The number of hydrogen-bond donors (Lipinski definition) is 4. The van der Waals surface area contributed by atoms with Crippen molar-refractivity contribution in [2.45, 2.75) is 65.0 Å². The van der Waals surface area contributed by atoms with Crippen LogP contribution in [-0.2, 0) is 6.18 Å². The van der Waals surface area contributed by atoms with Gasteiger partial charge in [0.05, 0.1) is 23.0 Å². The molecule has 0 radical (unpaired) electrons. The fraction of sp³-hybridized carbons (Fsp3) is 0.500. The Labute approximate surface area is 292 Å². The molecule has 5 heterocycles. The molecule has 12 nitrogen and oxygen atoms in total. The van der Waals surface area contributed by atoms with Crippen LogP contribution in [0, 0.1) is 0 Å². The molecule has 0 aliphatic carbocycles. The summed E-state index contributed by atoms with van der Waals surface area (Å²) in [7, 11) is 0. The van der Waals surface area contributed by atoms with Gasteiger partial charge >= 0.3 is 12.2 Å². The number of likely N-dealkylation sites (tertiary alicyclic amines) is 1. The summed E-state index contributed by atoms with van der Waals surface area (Å²) in [5, 5.41) is 26.7. The lowest BCUT2D eigenvalue weighted by Crippen LogP contribution is -2.42. The number of alkyl halides is 3. The minimum atomic E-state index is -4.67. The summed E-state index contributed by atoms with van der Waals surface area (Å²) >= 11 is 0.767. The van der Waals surface area contributed by atoms with E-state index in [-0.39, 0.29) is 44.6 Å². The van der Waals surface area contributed by atoms with Crippen LogP contribution >= 0.6 is 11.3 Å². The van der Waals surface area contributed by atoms with Gasteiger partial charge in [0.25, 0.3) is 0 Å². The molecule has 0 aromatic carbocycles. The smallest absolute Gasteiger partial charge is 0.364 e. The molecule has 5 rings (SSSR count). The zero-order valence-corrected chi connectivity index (χ0v) is 29.1. The van der Waals surface area contributed by atoms with Crippen LogP contribution in [0.15, 0.2) is 40.9 Å². The van der Waals surface area contributed by atoms with E-state index >= 15 is 0 Å². The first kappa shape index (κ1) is 37.3. The number of amides is 2. The summed E-state index contributed by atoms with van der Waals surface area (Å²) in [6, 6.07) is 2.27. The fourth-order valence-electron chi connectivity index (χ4n) is 6.37. The number of rotatable bonds is 13. The van der Waals surface area contributed by atoms with Gasteiger partial charge in [-0.25, -0.2) is 14.8 Å². The molecule has 4 aromatic rings. The molecule has 4 aromatic heterocycles. The topological polar surface area (TPSA) is 149 Å². The third kappa shape index (κ3) is 8.66. The molecule has 1 saturated heterocycles. The van der Waals surface area contributed by atoms with Crippen molar-refractivity contribution in [3.05, 3.63) is 57.6 Å². The second-order valence-electron chi connectivity index (χ2n) is 12.4. The number of pyridine rings is 3. The van der Waals surface area contributed by atoms with Gasteiger partial charge in [0.15, 0.2) is 17.4 Å². The van der Waals surface area contributed by atoms with Crippen LogP contribution in [0.25, 0.3) is 32.7 Å². The van der Waals surface area contributed by atoms with E-state index in [0.717, 1.165) is 75.1 Å². The Morgan fingerprint density at radius 3 is 2.52 bits per heavy atom. The lowest BCUT2D eigenvalue weighted by Gasteiger charge is -2.36. The van der Waals surface area contributed by atoms with E-state index in [9.17, 15) is 33.0 Å². The minimum absolute atomic E-state index is 0.00579. The van der Waals surface area contributed by atoms with Gasteiger partial charge in [-0.3, -0.25) is 15.1 Å². The molecule has 2 amide bonds. The highest BCUT2D eigenvalue weighted by atomic mass is 32.1. The number of carbonyl (C=O) groups is 1. The van der Waals surface area contributed by atoms with E-state index in [0.29, 0.717) is 18.6 Å². The molecule has 50 heavy (non-hydrogen) atoms. The molecule has 0 saturated carbocycles. The number of halogens is 3. The highest BCUT2D eigenvalue weighted by Crippen LogP contribution is 2.38. The third-order valence-corrected chi connectivity index (χ3v) is 9.57. The summed E-state index contributed by atoms with van der Waals surface area (Å²) in [5.41, 5.74) is -0.691. The first-order valence-electron chi connectivity index (χ1n) is 16.9. The number of fused-ring (bicyclic) bond motifs is 1. The second-order valence-corrected chi connectivity index (χ2v) is 13.2. The van der Waals surface area contributed by atoms with E-state index in [1.165, 1.54) is 30.7 Å². The van der Waals surface area contributed by atoms with E-state index < -0.39 is 29.6 Å². The molecular weight excluding hydrogens is 673 g/mol. The number of carbonyl (C=O) groups excluding carboxylic acids is 1. The van der Waals surface area contributed by atoms with Crippen molar-refractivity contribution in [2.24, 2.45) is 0 Å². The van der Waals surface area contributed by atoms with Crippen molar-refractivity contribution in [1.82, 2.24) is 34.6 Å². The van der Waals surface area contributed by atoms with Crippen LogP contribution in [0.3, 0.4) is 0 Å². The Morgan fingerprint density at radius 2 is 1.86 bits per heavy atom. The number of nitrogens with zero attached hydrogens (tertiary/aromatic N) is 6. The normalized spacial score (nSPS) is 15.7. The van der Waals surface area contributed by atoms with Crippen LogP contribution in [0.4, 0.5) is 23.8 Å². The van der Waals surface area contributed by atoms with Crippen LogP contribution < -0.4 is 16.1 Å². The standard InChI is InChI=1S/C34H43F3N8O4S/c1-4-9-43(10-5-2)12-13-44-11-7-8-21(18-44)45-19-25(32(47)48)30(46)23-14-26(39-17-27(23)45)24-16-40-29(42-33(49)38-6-3)15-22(24)31-41-28(20-50-31)34(35,36)37/h14-17,19-21,32,47-48H,4-13,18H2,1-3H3,(H2,38,40,42,49). The summed E-state index contributed by atoms with van der Waals surface area (Å²) in [6.45, 7) is 12.0. The second kappa shape index (κ2) is 16.4. The molecule has 1 fully saturated rings. The van der Waals surface area contributed by atoms with E-state index in [4.69, 9.17) is 0 Å². The predicted molar refractivity (Wildman–Crippen MR) is 187 cm³/mol. The Morgan fingerprint density at radius 1 is 1.10 bits per heavy atom. The minimum Gasteiger partial charge on any atom is -0.364 e. The first-order chi connectivity index (χ1) is 23.9. The van der Waals surface area contributed by atoms with Gasteiger partial charge in [-0.2, -0.15) is 13.2 Å². The Hall–Kier alpha value is -3.96. The van der Waals surface area contributed by atoms with E-state index in [2.05, 4.69) is 49.2 Å².